The number of hydrogen-bond donors (Lipinski definition) is 2. The van der Waals surface area contributed by atoms with Crippen LogP contribution in [0.15, 0.2) is 41.7 Å². The van der Waals surface area contributed by atoms with Crippen molar-refractivity contribution in [3.63, 3.8) is 0 Å². The third kappa shape index (κ3) is 3.86. The van der Waals surface area contributed by atoms with Crippen LogP contribution in [0.25, 0.3) is 0 Å². The second kappa shape index (κ2) is 6.02. The van der Waals surface area contributed by atoms with Gasteiger partial charge in [0.15, 0.2) is 5.69 Å². The highest BCUT2D eigenvalue weighted by atomic mass is 32.2. The van der Waals surface area contributed by atoms with Crippen LogP contribution >= 0.6 is 0 Å². The zero-order valence-corrected chi connectivity index (χ0v) is 11.5. The molecule has 0 amide bonds. The van der Waals surface area contributed by atoms with E-state index < -0.39 is 21.8 Å². The summed E-state index contributed by atoms with van der Waals surface area (Å²) in [7, 11) is -3.80. The Morgan fingerprint density at radius 3 is 2.81 bits per heavy atom. The van der Waals surface area contributed by atoms with Gasteiger partial charge in [-0.05, 0) is 18.2 Å². The Kier molecular flexibility index (Phi) is 4.34. The molecule has 2 N–H and O–H groups in total. The van der Waals surface area contributed by atoms with E-state index in [0.717, 1.165) is 12.1 Å². The Morgan fingerprint density at radius 1 is 1.43 bits per heavy atom. The Morgan fingerprint density at radius 2 is 2.19 bits per heavy atom. The fourth-order valence-electron chi connectivity index (χ4n) is 1.62. The number of sulfonamides is 1. The fraction of sp³-hybridized carbons (Fsp3) is 0.167. The molecule has 0 aliphatic heterocycles. The summed E-state index contributed by atoms with van der Waals surface area (Å²) in [4.78, 5) is 14.1. The first-order valence-corrected chi connectivity index (χ1v) is 7.37. The molecule has 0 spiro atoms. The van der Waals surface area contributed by atoms with Gasteiger partial charge < -0.3 is 9.67 Å². The van der Waals surface area contributed by atoms with Crippen LogP contribution in [0.4, 0.5) is 4.39 Å². The van der Waals surface area contributed by atoms with Gasteiger partial charge in [-0.1, -0.05) is 6.07 Å². The Balaban J connectivity index is 1.97. The number of nitrogens with zero attached hydrogens (tertiary/aromatic N) is 2. The van der Waals surface area contributed by atoms with Crippen LogP contribution in [0.1, 0.15) is 10.5 Å². The van der Waals surface area contributed by atoms with Gasteiger partial charge in [0.1, 0.15) is 5.82 Å². The number of carboxylic acids is 1. The molecule has 0 unspecified atom stereocenters. The van der Waals surface area contributed by atoms with E-state index in [9.17, 15) is 17.6 Å². The van der Waals surface area contributed by atoms with E-state index in [-0.39, 0.29) is 23.7 Å². The topological polar surface area (TPSA) is 101 Å². The lowest BCUT2D eigenvalue weighted by Gasteiger charge is -2.07. The van der Waals surface area contributed by atoms with E-state index in [1.54, 1.807) is 0 Å². The molecule has 112 valence electrons. The molecule has 2 aromatic rings. The molecule has 0 aliphatic rings. The number of hydrogen-bond acceptors (Lipinski definition) is 4. The molecule has 1 heterocycles. The van der Waals surface area contributed by atoms with Crippen LogP contribution < -0.4 is 4.72 Å². The van der Waals surface area contributed by atoms with Crippen molar-refractivity contribution in [3.05, 3.63) is 48.3 Å². The lowest BCUT2D eigenvalue weighted by molar-refractivity contribution is 0.0691. The number of carboxylic acid groups (broad SMARTS) is 1. The predicted octanol–water partition coefficient (Wildman–Crippen LogP) is 0.699. The van der Waals surface area contributed by atoms with Gasteiger partial charge in [0.05, 0.1) is 11.2 Å². The Bertz CT molecular complexity index is 757. The summed E-state index contributed by atoms with van der Waals surface area (Å²) < 4.78 is 40.5. The van der Waals surface area contributed by atoms with Crippen molar-refractivity contribution in [2.45, 2.75) is 11.4 Å². The Labute approximate surface area is 120 Å². The van der Waals surface area contributed by atoms with Crippen LogP contribution in [0, 0.1) is 5.82 Å². The van der Waals surface area contributed by atoms with Gasteiger partial charge >= 0.3 is 5.97 Å². The van der Waals surface area contributed by atoms with Crippen molar-refractivity contribution in [3.8, 4) is 0 Å². The number of rotatable bonds is 6. The van der Waals surface area contributed by atoms with Gasteiger partial charge in [-0.25, -0.2) is 27.3 Å². The molecule has 2 rings (SSSR count). The van der Waals surface area contributed by atoms with E-state index in [2.05, 4.69) is 9.71 Å². The summed E-state index contributed by atoms with van der Waals surface area (Å²) >= 11 is 0. The largest absolute Gasteiger partial charge is 0.476 e. The minimum atomic E-state index is -3.80. The van der Waals surface area contributed by atoms with E-state index in [1.165, 1.54) is 29.2 Å². The van der Waals surface area contributed by atoms with Crippen molar-refractivity contribution in [2.24, 2.45) is 0 Å². The Hall–Kier alpha value is -2.26. The SMILES string of the molecule is O=C(O)c1cn(CCNS(=O)(=O)c2cccc(F)c2)cn1. The highest BCUT2D eigenvalue weighted by Crippen LogP contribution is 2.09. The van der Waals surface area contributed by atoms with Crippen molar-refractivity contribution in [1.82, 2.24) is 14.3 Å². The molecule has 0 saturated heterocycles. The second-order valence-corrected chi connectivity index (χ2v) is 5.92. The predicted molar refractivity (Wildman–Crippen MR) is 70.8 cm³/mol. The fourth-order valence-corrected chi connectivity index (χ4v) is 2.67. The molecule has 0 bridgehead atoms. The summed E-state index contributed by atoms with van der Waals surface area (Å²) in [6, 6.07) is 4.66. The van der Waals surface area contributed by atoms with Gasteiger partial charge in [-0.2, -0.15) is 0 Å². The smallest absolute Gasteiger partial charge is 0.356 e. The second-order valence-electron chi connectivity index (χ2n) is 4.16. The van der Waals surface area contributed by atoms with Crippen LogP contribution in [0.2, 0.25) is 0 Å². The van der Waals surface area contributed by atoms with Gasteiger partial charge in [-0.15, -0.1) is 0 Å². The van der Waals surface area contributed by atoms with Crippen molar-refractivity contribution in [1.29, 1.82) is 0 Å². The summed E-state index contributed by atoms with van der Waals surface area (Å²) in [6.07, 6.45) is 2.58. The lowest BCUT2D eigenvalue weighted by atomic mass is 10.4. The minimum absolute atomic E-state index is 0.0221. The maximum atomic E-state index is 13.0. The molecule has 0 aliphatic carbocycles. The minimum Gasteiger partial charge on any atom is -0.476 e. The standard InChI is InChI=1S/C12H12FN3O4S/c13-9-2-1-3-10(6-9)21(19,20)15-4-5-16-7-11(12(17)18)14-8-16/h1-3,6-8,15H,4-5H2,(H,17,18). The molecule has 1 aromatic carbocycles. The molecular formula is C12H12FN3O4S. The van der Waals surface area contributed by atoms with E-state index in [1.807, 2.05) is 0 Å². The van der Waals surface area contributed by atoms with E-state index >= 15 is 0 Å². The van der Waals surface area contributed by atoms with Gasteiger partial charge in [0, 0.05) is 19.3 Å². The first-order chi connectivity index (χ1) is 9.88. The number of benzene rings is 1. The zero-order valence-electron chi connectivity index (χ0n) is 10.7. The highest BCUT2D eigenvalue weighted by molar-refractivity contribution is 7.89. The van der Waals surface area contributed by atoms with E-state index in [0.29, 0.717) is 0 Å². The molecule has 1 aromatic heterocycles. The summed E-state index contributed by atoms with van der Waals surface area (Å²) in [6.45, 7) is 0.225. The molecule has 21 heavy (non-hydrogen) atoms. The molecule has 0 fully saturated rings. The maximum Gasteiger partial charge on any atom is 0.356 e. The summed E-state index contributed by atoms with van der Waals surface area (Å²) in [5, 5.41) is 8.70. The van der Waals surface area contributed by atoms with Crippen LogP contribution in [-0.4, -0.2) is 35.6 Å². The van der Waals surface area contributed by atoms with Crippen LogP contribution in [0.5, 0.6) is 0 Å². The molecule has 0 radical (unpaired) electrons. The number of aromatic nitrogens is 2. The zero-order chi connectivity index (χ0) is 15.5. The lowest BCUT2D eigenvalue weighted by Crippen LogP contribution is -2.27. The molecule has 0 saturated carbocycles. The third-order valence-corrected chi connectivity index (χ3v) is 4.08. The highest BCUT2D eigenvalue weighted by Gasteiger charge is 2.14. The van der Waals surface area contributed by atoms with Crippen molar-refractivity contribution < 1.29 is 22.7 Å². The normalized spacial score (nSPS) is 11.5. The quantitative estimate of drug-likeness (QED) is 0.817. The molecular weight excluding hydrogens is 301 g/mol. The number of halogens is 1. The number of aromatic carboxylic acids is 1. The van der Waals surface area contributed by atoms with Gasteiger partial charge in [0.2, 0.25) is 10.0 Å². The van der Waals surface area contributed by atoms with Gasteiger partial charge in [0.25, 0.3) is 0 Å². The van der Waals surface area contributed by atoms with E-state index in [4.69, 9.17) is 5.11 Å². The molecule has 0 atom stereocenters. The summed E-state index contributed by atoms with van der Waals surface area (Å²) in [5.41, 5.74) is -0.122. The molecule has 9 heteroatoms. The maximum absolute atomic E-state index is 13.0. The number of imidazole rings is 1. The monoisotopic (exact) mass is 313 g/mol. The number of carbonyl (C=O) groups is 1. The first-order valence-electron chi connectivity index (χ1n) is 5.89. The first kappa shape index (κ1) is 15.1. The number of nitrogens with one attached hydrogen (secondary N) is 1. The van der Waals surface area contributed by atoms with Crippen molar-refractivity contribution in [2.75, 3.05) is 6.54 Å². The third-order valence-electron chi connectivity index (χ3n) is 2.62. The van der Waals surface area contributed by atoms with Crippen molar-refractivity contribution >= 4 is 16.0 Å². The average molecular weight is 313 g/mol. The summed E-state index contributed by atoms with van der Waals surface area (Å²) in [5.74, 6) is -1.80. The average Bonchev–Trinajstić information content (AvgIpc) is 2.87. The van der Waals surface area contributed by atoms with Crippen LogP contribution in [0.3, 0.4) is 0 Å². The van der Waals surface area contributed by atoms with Gasteiger partial charge in [-0.3, -0.25) is 0 Å². The van der Waals surface area contributed by atoms with Crippen LogP contribution in [-0.2, 0) is 16.6 Å². The molecule has 7 nitrogen and oxygen atoms in total.